The summed E-state index contributed by atoms with van der Waals surface area (Å²) in [6.07, 6.45) is 1.59. The van der Waals surface area contributed by atoms with Crippen LogP contribution in [0, 0.1) is 5.92 Å². The van der Waals surface area contributed by atoms with E-state index in [9.17, 15) is 18.0 Å². The quantitative estimate of drug-likeness (QED) is 0.823. The molecule has 0 bridgehead atoms. The fourth-order valence-electron chi connectivity index (χ4n) is 2.63. The Balaban J connectivity index is 1.92. The first kappa shape index (κ1) is 17.6. The number of hydrogen-bond donors (Lipinski definition) is 1. The number of nitrogens with one attached hydrogen (secondary N) is 1. The van der Waals surface area contributed by atoms with E-state index in [1.54, 1.807) is 11.8 Å². The first-order chi connectivity index (χ1) is 10.8. The Morgan fingerprint density at radius 3 is 2.17 bits per heavy atom. The average Bonchev–Trinajstić information content (AvgIpc) is 2.53. The molecule has 2 rings (SSSR count). The Morgan fingerprint density at radius 1 is 1.13 bits per heavy atom. The summed E-state index contributed by atoms with van der Waals surface area (Å²) in [7, 11) is -3.57. The van der Waals surface area contributed by atoms with E-state index >= 15 is 0 Å². The molecule has 1 aromatic rings. The lowest BCUT2D eigenvalue weighted by atomic mass is 9.97. The number of piperidine rings is 1. The maximum atomic E-state index is 12.3. The van der Waals surface area contributed by atoms with Crippen LogP contribution in [-0.2, 0) is 14.8 Å². The van der Waals surface area contributed by atoms with Gasteiger partial charge in [0.15, 0.2) is 5.78 Å². The summed E-state index contributed by atoms with van der Waals surface area (Å²) in [6.45, 7) is 4.70. The third-order valence-electron chi connectivity index (χ3n) is 4.19. The number of likely N-dealkylation sites (tertiary alicyclic amines) is 1. The Labute approximate surface area is 136 Å². The number of hydrogen-bond acceptors (Lipinski definition) is 4. The lowest BCUT2D eigenvalue weighted by Gasteiger charge is -2.31. The van der Waals surface area contributed by atoms with Gasteiger partial charge in [0.05, 0.1) is 4.90 Å². The van der Waals surface area contributed by atoms with Crippen molar-refractivity contribution in [2.24, 2.45) is 5.92 Å². The molecule has 0 radical (unpaired) electrons. The Kier molecular flexibility index (Phi) is 5.54. The number of sulfonamides is 1. The van der Waals surface area contributed by atoms with Crippen LogP contribution in [0.4, 0.5) is 0 Å². The van der Waals surface area contributed by atoms with Gasteiger partial charge in [0.1, 0.15) is 0 Å². The second-order valence-corrected chi connectivity index (χ2v) is 7.65. The predicted octanol–water partition coefficient (Wildman–Crippen LogP) is 1.43. The van der Waals surface area contributed by atoms with Gasteiger partial charge in [-0.05, 0) is 37.8 Å². The highest BCUT2D eigenvalue weighted by molar-refractivity contribution is 7.89. The van der Waals surface area contributed by atoms with Gasteiger partial charge >= 0.3 is 0 Å². The summed E-state index contributed by atoms with van der Waals surface area (Å²) < 4.78 is 27.2. The van der Waals surface area contributed by atoms with Crippen molar-refractivity contribution in [3.8, 4) is 0 Å². The van der Waals surface area contributed by atoms with Crippen molar-refractivity contribution in [2.75, 3.05) is 19.6 Å². The first-order valence-corrected chi connectivity index (χ1v) is 9.14. The number of nitrogens with zero attached hydrogens (tertiary/aromatic N) is 1. The van der Waals surface area contributed by atoms with Gasteiger partial charge in [-0.1, -0.05) is 12.1 Å². The minimum atomic E-state index is -3.57. The molecule has 7 heteroatoms. The van der Waals surface area contributed by atoms with Crippen LogP contribution in [0.15, 0.2) is 29.2 Å². The van der Waals surface area contributed by atoms with Crippen LogP contribution in [0.2, 0.25) is 0 Å². The molecule has 1 amide bonds. The van der Waals surface area contributed by atoms with Crippen LogP contribution in [0.5, 0.6) is 0 Å². The van der Waals surface area contributed by atoms with Crippen molar-refractivity contribution in [2.45, 2.75) is 31.6 Å². The molecule has 1 fully saturated rings. The number of benzene rings is 1. The summed E-state index contributed by atoms with van der Waals surface area (Å²) in [6, 6.07) is 5.92. The smallest absolute Gasteiger partial charge is 0.240 e. The van der Waals surface area contributed by atoms with Crippen LogP contribution >= 0.6 is 0 Å². The van der Waals surface area contributed by atoms with Gasteiger partial charge in [0.2, 0.25) is 15.9 Å². The Morgan fingerprint density at radius 2 is 1.70 bits per heavy atom. The van der Waals surface area contributed by atoms with Crippen molar-refractivity contribution in [3.63, 3.8) is 0 Å². The molecule has 1 aliphatic rings. The van der Waals surface area contributed by atoms with Crippen LogP contribution in [0.25, 0.3) is 0 Å². The van der Waals surface area contributed by atoms with Gasteiger partial charge in [0.25, 0.3) is 0 Å². The van der Waals surface area contributed by atoms with Gasteiger partial charge in [0, 0.05) is 32.1 Å². The van der Waals surface area contributed by atoms with Gasteiger partial charge in [-0.2, -0.15) is 0 Å². The third kappa shape index (κ3) is 4.62. The normalized spacial score (nSPS) is 16.3. The molecule has 126 valence electrons. The SMILES string of the molecule is CC(=O)c1ccc(S(=O)(=O)NCC2CCN(C(C)=O)CC2)cc1. The van der Waals surface area contributed by atoms with Crippen molar-refractivity contribution in [1.29, 1.82) is 0 Å². The standard InChI is InChI=1S/C16H22N2O4S/c1-12(19)15-3-5-16(6-4-15)23(21,22)17-11-14-7-9-18(10-8-14)13(2)20/h3-6,14,17H,7-11H2,1-2H3. The molecule has 1 N–H and O–H groups in total. The second-order valence-electron chi connectivity index (χ2n) is 5.88. The lowest BCUT2D eigenvalue weighted by molar-refractivity contribution is -0.130. The second kappa shape index (κ2) is 7.23. The molecule has 1 aliphatic heterocycles. The predicted molar refractivity (Wildman–Crippen MR) is 86.6 cm³/mol. The molecule has 1 saturated heterocycles. The summed E-state index contributed by atoms with van der Waals surface area (Å²) in [5.74, 6) is 0.200. The first-order valence-electron chi connectivity index (χ1n) is 7.66. The van der Waals surface area contributed by atoms with E-state index < -0.39 is 10.0 Å². The fraction of sp³-hybridized carbons (Fsp3) is 0.500. The number of carbonyl (C=O) groups is 2. The lowest BCUT2D eigenvalue weighted by Crippen LogP contribution is -2.40. The average molecular weight is 338 g/mol. The van der Waals surface area contributed by atoms with Crippen molar-refractivity contribution in [3.05, 3.63) is 29.8 Å². The topological polar surface area (TPSA) is 83.6 Å². The van der Waals surface area contributed by atoms with Crippen LogP contribution in [0.3, 0.4) is 0 Å². The third-order valence-corrected chi connectivity index (χ3v) is 5.63. The van der Waals surface area contributed by atoms with Crippen LogP contribution in [-0.4, -0.2) is 44.6 Å². The number of amides is 1. The molecule has 6 nitrogen and oxygen atoms in total. The molecule has 0 saturated carbocycles. The zero-order valence-corrected chi connectivity index (χ0v) is 14.2. The molecule has 1 aromatic carbocycles. The van der Waals surface area contributed by atoms with E-state index in [1.807, 2.05) is 0 Å². The minimum Gasteiger partial charge on any atom is -0.343 e. The molecule has 0 spiro atoms. The zero-order valence-electron chi connectivity index (χ0n) is 13.4. The molecular weight excluding hydrogens is 316 g/mol. The summed E-state index contributed by atoms with van der Waals surface area (Å²) in [5, 5.41) is 0. The molecule has 1 heterocycles. The Bertz CT molecular complexity index is 675. The van der Waals surface area contributed by atoms with Crippen molar-refractivity contribution in [1.82, 2.24) is 9.62 Å². The zero-order chi connectivity index (χ0) is 17.0. The fourth-order valence-corrected chi connectivity index (χ4v) is 3.75. The number of carbonyl (C=O) groups excluding carboxylic acids is 2. The van der Waals surface area contributed by atoms with E-state index in [4.69, 9.17) is 0 Å². The highest BCUT2D eigenvalue weighted by Gasteiger charge is 2.23. The largest absolute Gasteiger partial charge is 0.343 e. The van der Waals surface area contributed by atoms with Crippen LogP contribution < -0.4 is 4.72 Å². The van der Waals surface area contributed by atoms with Crippen LogP contribution in [0.1, 0.15) is 37.0 Å². The molecule has 0 atom stereocenters. The molecule has 0 aromatic heterocycles. The van der Waals surface area contributed by atoms with Crippen molar-refractivity contribution < 1.29 is 18.0 Å². The van der Waals surface area contributed by atoms with Crippen molar-refractivity contribution >= 4 is 21.7 Å². The van der Waals surface area contributed by atoms with E-state index in [1.165, 1.54) is 31.2 Å². The summed E-state index contributed by atoms with van der Waals surface area (Å²) in [5.41, 5.74) is 0.487. The number of ketones is 1. The number of rotatable bonds is 5. The highest BCUT2D eigenvalue weighted by atomic mass is 32.2. The highest BCUT2D eigenvalue weighted by Crippen LogP contribution is 2.18. The van der Waals surface area contributed by atoms with Gasteiger partial charge < -0.3 is 4.90 Å². The van der Waals surface area contributed by atoms with Gasteiger partial charge in [-0.3, -0.25) is 9.59 Å². The maximum Gasteiger partial charge on any atom is 0.240 e. The molecule has 0 unspecified atom stereocenters. The maximum absolute atomic E-state index is 12.3. The molecule has 0 aliphatic carbocycles. The Hall–Kier alpha value is -1.73. The van der Waals surface area contributed by atoms with Gasteiger partial charge in [-0.15, -0.1) is 0 Å². The van der Waals surface area contributed by atoms with E-state index in [0.717, 1.165) is 12.8 Å². The molecule has 23 heavy (non-hydrogen) atoms. The molecular formula is C16H22N2O4S. The van der Waals surface area contributed by atoms with E-state index in [-0.39, 0.29) is 22.5 Å². The monoisotopic (exact) mass is 338 g/mol. The van der Waals surface area contributed by atoms with E-state index in [0.29, 0.717) is 25.2 Å². The summed E-state index contributed by atoms with van der Waals surface area (Å²) >= 11 is 0. The minimum absolute atomic E-state index is 0.0644. The van der Waals surface area contributed by atoms with Gasteiger partial charge in [-0.25, -0.2) is 13.1 Å². The number of Topliss-reactive ketones (excluding diaryl/α,β-unsaturated/α-hetero) is 1. The van der Waals surface area contributed by atoms with E-state index in [2.05, 4.69) is 4.72 Å². The summed E-state index contributed by atoms with van der Waals surface area (Å²) in [4.78, 5) is 24.4.